The van der Waals surface area contributed by atoms with E-state index in [-0.39, 0.29) is 6.10 Å². The maximum atomic E-state index is 9.87. The second-order valence-corrected chi connectivity index (χ2v) is 7.83. The van der Waals surface area contributed by atoms with Gasteiger partial charge in [0.15, 0.2) is 0 Å². The molecule has 0 bridgehead atoms. The van der Waals surface area contributed by atoms with Crippen LogP contribution in [0.1, 0.15) is 58.3 Å². The Kier molecular flexibility index (Phi) is 12.2. The molecule has 1 N–H and O–H groups in total. The van der Waals surface area contributed by atoms with Crippen molar-refractivity contribution >= 4 is 11.8 Å². The van der Waals surface area contributed by atoms with Crippen LogP contribution in [-0.4, -0.2) is 54.9 Å². The molecule has 1 unspecified atom stereocenters. The number of thioether (sulfide) groups is 1. The molecule has 0 spiro atoms. The zero-order valence-corrected chi connectivity index (χ0v) is 14.5. The Morgan fingerprint density at radius 3 is 1.95 bits per heavy atom. The normalized spacial score (nSPS) is 13.7. The van der Waals surface area contributed by atoms with E-state index >= 15 is 0 Å². The molecular formula is C16H36NOS+. The van der Waals surface area contributed by atoms with E-state index in [1.807, 2.05) is 11.8 Å². The van der Waals surface area contributed by atoms with E-state index in [9.17, 15) is 5.11 Å². The summed E-state index contributed by atoms with van der Waals surface area (Å²) in [5, 5.41) is 9.87. The fraction of sp³-hybridized carbons (Fsp3) is 1.00. The third kappa shape index (κ3) is 16.2. The lowest BCUT2D eigenvalue weighted by molar-refractivity contribution is -0.873. The van der Waals surface area contributed by atoms with Gasteiger partial charge >= 0.3 is 0 Å². The SMILES string of the molecule is CCCCCCCCCCSCC(O)C[N+](C)(C)C. The molecule has 116 valence electrons. The predicted octanol–water partition coefficient (Wildman–Crippen LogP) is 3.93. The molecule has 1 atom stereocenters. The zero-order valence-electron chi connectivity index (χ0n) is 13.7. The van der Waals surface area contributed by atoms with E-state index in [1.54, 1.807) is 0 Å². The molecule has 2 nitrogen and oxygen atoms in total. The topological polar surface area (TPSA) is 20.2 Å². The van der Waals surface area contributed by atoms with E-state index in [1.165, 1.54) is 57.1 Å². The molecule has 0 fully saturated rings. The number of nitrogens with zero attached hydrogens (tertiary/aromatic N) is 1. The summed E-state index contributed by atoms with van der Waals surface area (Å²) >= 11 is 1.91. The van der Waals surface area contributed by atoms with Crippen molar-refractivity contribution in [2.24, 2.45) is 0 Å². The van der Waals surface area contributed by atoms with Gasteiger partial charge in [-0.3, -0.25) is 0 Å². The van der Waals surface area contributed by atoms with Gasteiger partial charge in [0, 0.05) is 5.75 Å². The minimum Gasteiger partial charge on any atom is -0.386 e. The van der Waals surface area contributed by atoms with Crippen LogP contribution < -0.4 is 0 Å². The molecule has 19 heavy (non-hydrogen) atoms. The maximum Gasteiger partial charge on any atom is 0.112 e. The van der Waals surface area contributed by atoms with Crippen LogP contribution in [0.3, 0.4) is 0 Å². The standard InChI is InChI=1S/C16H36NOS/c1-5-6-7-8-9-10-11-12-13-19-15-16(18)14-17(2,3)4/h16,18H,5-15H2,1-4H3/q+1. The number of quaternary nitrogens is 1. The monoisotopic (exact) mass is 290 g/mol. The highest BCUT2D eigenvalue weighted by atomic mass is 32.2. The van der Waals surface area contributed by atoms with Gasteiger partial charge in [-0.1, -0.05) is 51.9 Å². The van der Waals surface area contributed by atoms with Crippen molar-refractivity contribution in [1.29, 1.82) is 0 Å². The molecule has 0 saturated heterocycles. The van der Waals surface area contributed by atoms with Crippen LogP contribution in [0.25, 0.3) is 0 Å². The quantitative estimate of drug-likeness (QED) is 0.410. The van der Waals surface area contributed by atoms with Crippen LogP contribution in [0.2, 0.25) is 0 Å². The molecule has 0 aromatic heterocycles. The van der Waals surface area contributed by atoms with Crippen molar-refractivity contribution < 1.29 is 9.59 Å². The largest absolute Gasteiger partial charge is 0.386 e. The minimum atomic E-state index is -0.154. The van der Waals surface area contributed by atoms with Gasteiger partial charge in [-0.25, -0.2) is 0 Å². The van der Waals surface area contributed by atoms with E-state index in [2.05, 4.69) is 28.1 Å². The first-order valence-corrected chi connectivity index (χ1v) is 9.17. The second kappa shape index (κ2) is 12.0. The number of hydrogen-bond acceptors (Lipinski definition) is 2. The van der Waals surface area contributed by atoms with Gasteiger partial charge in [-0.05, 0) is 12.2 Å². The van der Waals surface area contributed by atoms with Crippen molar-refractivity contribution in [3.8, 4) is 0 Å². The summed E-state index contributed by atoms with van der Waals surface area (Å²) in [6, 6.07) is 0. The summed E-state index contributed by atoms with van der Waals surface area (Å²) in [5.41, 5.74) is 0. The predicted molar refractivity (Wildman–Crippen MR) is 88.8 cm³/mol. The average molecular weight is 291 g/mol. The molecule has 0 amide bonds. The number of unbranched alkanes of at least 4 members (excludes halogenated alkanes) is 7. The van der Waals surface area contributed by atoms with E-state index < -0.39 is 0 Å². The molecule has 0 aromatic carbocycles. The number of hydrogen-bond donors (Lipinski definition) is 1. The lowest BCUT2D eigenvalue weighted by atomic mass is 10.1. The van der Waals surface area contributed by atoms with Crippen molar-refractivity contribution in [2.45, 2.75) is 64.4 Å². The first-order valence-electron chi connectivity index (χ1n) is 8.02. The Morgan fingerprint density at radius 2 is 1.42 bits per heavy atom. The van der Waals surface area contributed by atoms with Crippen molar-refractivity contribution in [3.05, 3.63) is 0 Å². The highest BCUT2D eigenvalue weighted by Crippen LogP contribution is 2.12. The lowest BCUT2D eigenvalue weighted by Crippen LogP contribution is -2.42. The molecule has 0 aliphatic rings. The van der Waals surface area contributed by atoms with E-state index in [0.29, 0.717) is 0 Å². The molecule has 0 aliphatic heterocycles. The maximum absolute atomic E-state index is 9.87. The molecule has 3 heteroatoms. The molecule has 0 saturated carbocycles. The summed E-state index contributed by atoms with van der Waals surface area (Å²) in [4.78, 5) is 0. The smallest absolute Gasteiger partial charge is 0.112 e. The van der Waals surface area contributed by atoms with Gasteiger partial charge in [0.2, 0.25) is 0 Å². The fourth-order valence-electron chi connectivity index (χ4n) is 2.24. The molecule has 0 heterocycles. The molecule has 0 aliphatic carbocycles. The Bertz CT molecular complexity index is 192. The van der Waals surface area contributed by atoms with Crippen molar-refractivity contribution in [1.82, 2.24) is 0 Å². The lowest BCUT2D eigenvalue weighted by Gasteiger charge is -2.26. The van der Waals surface area contributed by atoms with E-state index in [0.717, 1.165) is 16.8 Å². The number of rotatable bonds is 13. The third-order valence-electron chi connectivity index (χ3n) is 3.21. The third-order valence-corrected chi connectivity index (χ3v) is 4.41. The van der Waals surface area contributed by atoms with Gasteiger partial charge in [-0.2, -0.15) is 11.8 Å². The highest BCUT2D eigenvalue weighted by molar-refractivity contribution is 7.99. The number of aliphatic hydroxyl groups excluding tert-OH is 1. The van der Waals surface area contributed by atoms with Gasteiger partial charge in [-0.15, -0.1) is 0 Å². The van der Waals surface area contributed by atoms with E-state index in [4.69, 9.17) is 0 Å². The summed E-state index contributed by atoms with van der Waals surface area (Å²) in [7, 11) is 6.39. The van der Waals surface area contributed by atoms with Crippen LogP contribution in [0.5, 0.6) is 0 Å². The zero-order chi connectivity index (χ0) is 14.6. The van der Waals surface area contributed by atoms with Gasteiger partial charge in [0.25, 0.3) is 0 Å². The Morgan fingerprint density at radius 1 is 0.895 bits per heavy atom. The summed E-state index contributed by atoms with van der Waals surface area (Å²) in [6.07, 6.45) is 10.9. The first kappa shape index (κ1) is 19.3. The highest BCUT2D eigenvalue weighted by Gasteiger charge is 2.14. The van der Waals surface area contributed by atoms with Crippen molar-refractivity contribution in [2.75, 3.05) is 39.2 Å². The Balaban J connectivity index is 3.18. The Hall–Kier alpha value is 0.270. The minimum absolute atomic E-state index is 0.154. The summed E-state index contributed by atoms with van der Waals surface area (Å²) < 4.78 is 0.847. The van der Waals surface area contributed by atoms with Crippen molar-refractivity contribution in [3.63, 3.8) is 0 Å². The molecule has 0 aromatic rings. The van der Waals surface area contributed by atoms with Crippen LogP contribution in [0, 0.1) is 0 Å². The number of likely N-dealkylation sites (N-methyl/N-ethyl adjacent to an activating group) is 1. The first-order chi connectivity index (χ1) is 8.95. The van der Waals surface area contributed by atoms with Crippen LogP contribution in [0.4, 0.5) is 0 Å². The van der Waals surface area contributed by atoms with Gasteiger partial charge < -0.3 is 9.59 Å². The molecule has 0 rings (SSSR count). The second-order valence-electron chi connectivity index (χ2n) is 6.68. The van der Waals surface area contributed by atoms with Crippen LogP contribution in [-0.2, 0) is 0 Å². The average Bonchev–Trinajstić information content (AvgIpc) is 2.29. The fourth-order valence-corrected chi connectivity index (χ4v) is 3.19. The van der Waals surface area contributed by atoms with Crippen LogP contribution >= 0.6 is 11.8 Å². The number of aliphatic hydroxyl groups is 1. The summed E-state index contributed by atoms with van der Waals surface area (Å²) in [6.45, 7) is 3.12. The van der Waals surface area contributed by atoms with Crippen LogP contribution in [0.15, 0.2) is 0 Å². The Labute approximate surface area is 125 Å². The summed E-state index contributed by atoms with van der Waals surface area (Å²) in [5.74, 6) is 2.11. The van der Waals surface area contributed by atoms with Gasteiger partial charge in [0.05, 0.1) is 21.1 Å². The molecule has 0 radical (unpaired) electrons. The van der Waals surface area contributed by atoms with Gasteiger partial charge in [0.1, 0.15) is 12.6 Å². The molecular weight excluding hydrogens is 254 g/mol.